The van der Waals surface area contributed by atoms with E-state index < -0.39 is 26.0 Å². The van der Waals surface area contributed by atoms with Crippen molar-refractivity contribution >= 4 is 85.3 Å². The van der Waals surface area contributed by atoms with E-state index in [1.807, 2.05) is 35.2 Å². The molecule has 42 heavy (non-hydrogen) atoms. The summed E-state index contributed by atoms with van der Waals surface area (Å²) in [6.07, 6.45) is 7.23. The van der Waals surface area contributed by atoms with Gasteiger partial charge in [-0.2, -0.15) is 8.42 Å². The maximum Gasteiger partial charge on any atom is 1.00 e. The van der Waals surface area contributed by atoms with Crippen LogP contribution >= 0.6 is 43.2 Å². The van der Waals surface area contributed by atoms with E-state index in [0.29, 0.717) is 43.9 Å². The third-order valence-electron chi connectivity index (χ3n) is 6.62. The van der Waals surface area contributed by atoms with Crippen molar-refractivity contribution in [3.63, 3.8) is 0 Å². The van der Waals surface area contributed by atoms with Crippen LogP contribution in [0.4, 0.5) is 5.69 Å². The van der Waals surface area contributed by atoms with Crippen LogP contribution in [0.15, 0.2) is 62.9 Å². The summed E-state index contributed by atoms with van der Waals surface area (Å²) in [5, 5.41) is 1.11. The van der Waals surface area contributed by atoms with E-state index in [1.54, 1.807) is 11.3 Å². The van der Waals surface area contributed by atoms with Gasteiger partial charge in [-0.1, -0.05) is 38.8 Å². The van der Waals surface area contributed by atoms with Gasteiger partial charge in [0.1, 0.15) is 0 Å². The van der Waals surface area contributed by atoms with Crippen molar-refractivity contribution in [3.05, 3.63) is 73.3 Å². The molecule has 0 radical (unpaired) electrons. The van der Waals surface area contributed by atoms with Gasteiger partial charge in [-0.25, -0.2) is 8.42 Å². The fourth-order valence-corrected chi connectivity index (χ4v) is 7.68. The van der Waals surface area contributed by atoms with Crippen molar-refractivity contribution < 1.29 is 60.2 Å². The molecule has 3 aromatic rings. The first-order valence-corrected chi connectivity index (χ1v) is 18.7. The Labute approximate surface area is 290 Å². The second-order valence-corrected chi connectivity index (χ2v) is 15.7. The SMILES string of the molecule is CCC(/C=C1\Oc2ccc(Br)cc2N1CCCCS(=O)(=O)[O-])=C\c1sc2ccc(Br)cc2c1CCCCS(=O)(=O)O.[Na+]. The molecule has 14 heteroatoms. The van der Waals surface area contributed by atoms with Crippen molar-refractivity contribution in [2.45, 2.75) is 45.4 Å². The van der Waals surface area contributed by atoms with Gasteiger partial charge in [-0.15, -0.1) is 11.3 Å². The fourth-order valence-electron chi connectivity index (χ4n) is 4.63. The largest absolute Gasteiger partial charge is 1.00 e. The molecule has 1 aliphatic heterocycles. The molecular formula is C28H30Br2NNaO7S3. The molecule has 222 valence electrons. The number of allylic oxidation sites excluding steroid dienone is 2. The summed E-state index contributed by atoms with van der Waals surface area (Å²) in [6, 6.07) is 11.8. The number of fused-ring (bicyclic) bond motifs is 2. The van der Waals surface area contributed by atoms with Gasteiger partial charge in [0.15, 0.2) is 5.75 Å². The molecule has 0 saturated carbocycles. The number of aryl methyl sites for hydroxylation is 1. The van der Waals surface area contributed by atoms with Gasteiger partial charge < -0.3 is 14.2 Å². The molecule has 1 aliphatic rings. The van der Waals surface area contributed by atoms with Crippen molar-refractivity contribution in [3.8, 4) is 5.75 Å². The molecule has 2 aromatic carbocycles. The van der Waals surface area contributed by atoms with Crippen molar-refractivity contribution in [2.75, 3.05) is 23.0 Å². The standard InChI is InChI=1S/C28H31Br2NO7S3.Na/c1-2-19(15-27-22(7-3-5-13-40(32,33)34)23-17-20(29)9-11-26(23)39-27)16-28-31(12-4-6-14-41(35,36)37)24-18-21(30)8-10-25(24)38-28;/h8-11,15-18H,2-7,12-14H2,1H3,(H,32,33,34)(H,35,36,37);/q;+1/p-1/b19-15+,28-16-;. The zero-order chi connectivity index (χ0) is 29.8. The summed E-state index contributed by atoms with van der Waals surface area (Å²) in [6.45, 7) is 2.54. The van der Waals surface area contributed by atoms with Crippen LogP contribution < -0.4 is 39.2 Å². The topological polar surface area (TPSA) is 124 Å². The molecule has 1 N–H and O–H groups in total. The first kappa shape index (κ1) is 35.7. The smallest absolute Gasteiger partial charge is 0.748 e. The van der Waals surface area contributed by atoms with Gasteiger partial charge >= 0.3 is 29.6 Å². The molecule has 0 amide bonds. The van der Waals surface area contributed by atoms with E-state index in [0.717, 1.165) is 47.2 Å². The number of anilines is 1. The van der Waals surface area contributed by atoms with E-state index in [1.165, 1.54) is 0 Å². The third-order valence-corrected chi connectivity index (χ3v) is 10.4. The summed E-state index contributed by atoms with van der Waals surface area (Å²) < 4.78 is 73.9. The molecule has 0 aliphatic carbocycles. The Hall–Kier alpha value is -0.740. The molecule has 0 unspecified atom stereocenters. The molecule has 2 heterocycles. The maximum atomic E-state index is 11.2. The minimum absolute atomic E-state index is 0. The van der Waals surface area contributed by atoms with E-state index in [2.05, 4.69) is 57.0 Å². The van der Waals surface area contributed by atoms with Crippen molar-refractivity contribution in [1.82, 2.24) is 0 Å². The molecule has 0 saturated heterocycles. The summed E-state index contributed by atoms with van der Waals surface area (Å²) >= 11 is 8.74. The first-order chi connectivity index (χ1) is 19.3. The number of rotatable bonds is 13. The molecule has 8 nitrogen and oxygen atoms in total. The van der Waals surface area contributed by atoms with E-state index in [4.69, 9.17) is 9.29 Å². The molecule has 1 aromatic heterocycles. The quantitative estimate of drug-likeness (QED) is 0.153. The molecule has 0 atom stereocenters. The fraction of sp³-hybridized carbons (Fsp3) is 0.357. The van der Waals surface area contributed by atoms with Gasteiger partial charge in [0.25, 0.3) is 10.1 Å². The Bertz CT molecular complexity index is 1700. The zero-order valence-electron chi connectivity index (χ0n) is 23.3. The van der Waals surface area contributed by atoms with E-state index in [-0.39, 0.29) is 41.7 Å². The molecular weight excluding hydrogens is 741 g/mol. The Kier molecular flexibility index (Phi) is 13.2. The Balaban J connectivity index is 0.00000484. The van der Waals surface area contributed by atoms with E-state index >= 15 is 0 Å². The molecule has 0 fully saturated rings. The van der Waals surface area contributed by atoms with Gasteiger partial charge in [0.05, 0.1) is 21.6 Å². The van der Waals surface area contributed by atoms with Gasteiger partial charge in [-0.05, 0) is 97.5 Å². The summed E-state index contributed by atoms with van der Waals surface area (Å²) in [7, 11) is -8.27. The molecule has 0 bridgehead atoms. The van der Waals surface area contributed by atoms with Crippen LogP contribution in [-0.4, -0.2) is 44.0 Å². The molecule has 0 spiro atoms. The summed E-state index contributed by atoms with van der Waals surface area (Å²) in [4.78, 5) is 3.07. The van der Waals surface area contributed by atoms with Crippen LogP contribution in [0.3, 0.4) is 0 Å². The van der Waals surface area contributed by atoms with Crippen LogP contribution in [0.25, 0.3) is 16.2 Å². The number of nitrogens with zero attached hydrogens (tertiary/aromatic N) is 1. The second-order valence-electron chi connectivity index (χ2n) is 9.72. The van der Waals surface area contributed by atoms with Crippen LogP contribution in [0, 0.1) is 0 Å². The van der Waals surface area contributed by atoms with Crippen LogP contribution in [0.1, 0.15) is 49.5 Å². The number of hydrogen-bond acceptors (Lipinski definition) is 8. The average Bonchev–Trinajstić information content (AvgIpc) is 3.39. The van der Waals surface area contributed by atoms with Gasteiger partial charge in [-0.3, -0.25) is 4.55 Å². The Morgan fingerprint density at radius 3 is 2.40 bits per heavy atom. The molecule has 4 rings (SSSR count). The van der Waals surface area contributed by atoms with E-state index in [9.17, 15) is 21.4 Å². The monoisotopic (exact) mass is 769 g/mol. The number of halogens is 2. The number of thiophene rings is 1. The number of unbranched alkanes of at least 4 members (excludes halogenated alkanes) is 2. The predicted molar refractivity (Wildman–Crippen MR) is 171 cm³/mol. The third kappa shape index (κ3) is 10.1. The number of ether oxygens (including phenoxy) is 1. The Morgan fingerprint density at radius 2 is 1.71 bits per heavy atom. The minimum Gasteiger partial charge on any atom is -0.748 e. The zero-order valence-corrected chi connectivity index (χ0v) is 30.9. The number of benzene rings is 2. The average molecular weight is 772 g/mol. The summed E-state index contributed by atoms with van der Waals surface area (Å²) in [5.74, 6) is 0.648. The Morgan fingerprint density at radius 1 is 1.02 bits per heavy atom. The predicted octanol–water partition coefficient (Wildman–Crippen LogP) is 4.50. The second kappa shape index (κ2) is 15.5. The summed E-state index contributed by atoms with van der Waals surface area (Å²) in [5.41, 5.74) is 3.00. The first-order valence-electron chi connectivity index (χ1n) is 13.1. The van der Waals surface area contributed by atoms with Crippen LogP contribution in [0.2, 0.25) is 0 Å². The van der Waals surface area contributed by atoms with Gasteiger partial charge in [0, 0.05) is 36.9 Å². The number of hydrogen-bond donors (Lipinski definition) is 1. The minimum atomic E-state index is -4.27. The van der Waals surface area contributed by atoms with Crippen LogP contribution in [-0.2, 0) is 26.7 Å². The normalized spacial score (nSPS) is 14.7. The van der Waals surface area contributed by atoms with Crippen molar-refractivity contribution in [2.24, 2.45) is 0 Å². The van der Waals surface area contributed by atoms with Gasteiger partial charge in [0.2, 0.25) is 5.88 Å². The van der Waals surface area contributed by atoms with Crippen LogP contribution in [0.5, 0.6) is 5.75 Å². The maximum absolute atomic E-state index is 11.2. The van der Waals surface area contributed by atoms with Crippen molar-refractivity contribution in [1.29, 1.82) is 0 Å².